The summed E-state index contributed by atoms with van der Waals surface area (Å²) in [6, 6.07) is 25.0. The van der Waals surface area contributed by atoms with Gasteiger partial charge in [-0.2, -0.15) is 0 Å². The number of aromatic nitrogens is 8. The van der Waals surface area contributed by atoms with E-state index in [1.165, 1.54) is 6.08 Å². The minimum absolute atomic E-state index is 0.0806. The maximum atomic E-state index is 12.8. The Hall–Kier alpha value is -8.84. The fraction of sp³-hybridized carbons (Fsp3) is 0.236. The van der Waals surface area contributed by atoms with Gasteiger partial charge in [-0.05, 0) is 120 Å². The predicted octanol–water partition coefficient (Wildman–Crippen LogP) is 9.02. The summed E-state index contributed by atoms with van der Waals surface area (Å²) in [5.41, 5.74) is 7.90. The van der Waals surface area contributed by atoms with Crippen molar-refractivity contribution < 1.29 is 19.2 Å². The lowest BCUT2D eigenvalue weighted by atomic mass is 10.0. The van der Waals surface area contributed by atoms with Crippen molar-refractivity contribution in [1.29, 1.82) is 0 Å². The summed E-state index contributed by atoms with van der Waals surface area (Å²) in [5, 5.41) is 5.60. The quantitative estimate of drug-likeness (QED) is 0.105. The number of nitrogens with one attached hydrogen (secondary N) is 2. The number of piperidine rings is 2. The van der Waals surface area contributed by atoms with E-state index >= 15 is 0 Å². The lowest BCUT2D eigenvalue weighted by molar-refractivity contribution is -0.130. The van der Waals surface area contributed by atoms with Crippen LogP contribution in [0.2, 0.25) is 0 Å². The highest BCUT2D eigenvalue weighted by Crippen LogP contribution is 2.37. The molecule has 0 bridgehead atoms. The van der Waals surface area contributed by atoms with Crippen LogP contribution in [0.25, 0.3) is 33.5 Å². The molecule has 6 aromatic heterocycles. The first kappa shape index (κ1) is 47.2. The predicted molar refractivity (Wildman–Crippen MR) is 271 cm³/mol. The van der Waals surface area contributed by atoms with Crippen LogP contribution in [-0.2, 0) is 9.59 Å². The molecule has 8 heterocycles. The summed E-state index contributed by atoms with van der Waals surface area (Å²) in [6.07, 6.45) is 17.4. The second-order valence-electron chi connectivity index (χ2n) is 17.3. The zero-order chi connectivity index (χ0) is 49.4. The first-order valence-corrected chi connectivity index (χ1v) is 23.6. The molecule has 0 spiro atoms. The molecule has 0 aliphatic carbocycles. The van der Waals surface area contributed by atoms with Crippen molar-refractivity contribution >= 4 is 46.3 Å². The minimum atomic E-state index is -0.235. The lowest BCUT2D eigenvalue weighted by Crippen LogP contribution is -2.38. The Labute approximate surface area is 411 Å². The Kier molecular flexibility index (Phi) is 14.1. The van der Waals surface area contributed by atoms with Gasteiger partial charge < -0.3 is 20.4 Å². The van der Waals surface area contributed by atoms with Gasteiger partial charge >= 0.3 is 0 Å². The third kappa shape index (κ3) is 10.0. The molecule has 10 rings (SSSR count). The molecule has 2 N–H and O–H groups in total. The molecule has 8 aromatic rings. The third-order valence-corrected chi connectivity index (χ3v) is 12.7. The van der Waals surface area contributed by atoms with Gasteiger partial charge in [0.05, 0.1) is 46.9 Å². The number of pyridine rings is 2. The summed E-state index contributed by atoms with van der Waals surface area (Å²) in [4.78, 5) is 81.5. The molecule has 2 saturated heterocycles. The maximum Gasteiger partial charge on any atom is 0.299 e. The number of imidazole rings is 2. The van der Waals surface area contributed by atoms with Crippen molar-refractivity contribution in [3.8, 4) is 34.4 Å². The van der Waals surface area contributed by atoms with Gasteiger partial charge in [0.15, 0.2) is 0 Å². The van der Waals surface area contributed by atoms with Crippen LogP contribution >= 0.6 is 0 Å². The van der Waals surface area contributed by atoms with Gasteiger partial charge in [0.25, 0.3) is 17.7 Å². The van der Waals surface area contributed by atoms with Crippen LogP contribution in [-0.4, -0.2) is 85.2 Å². The molecule has 0 radical (unpaired) electrons. The molecule has 2 fully saturated rings. The number of amides is 4. The molecule has 71 heavy (non-hydrogen) atoms. The molecule has 0 unspecified atom stereocenters. The molecule has 2 aliphatic heterocycles. The Morgan fingerprint density at radius 1 is 0.620 bits per heavy atom. The number of hydrogen-bond donors (Lipinski definition) is 2. The molecule has 2 aliphatic rings. The highest BCUT2D eigenvalue weighted by molar-refractivity contribution is 6.05. The van der Waals surface area contributed by atoms with E-state index in [4.69, 9.17) is 9.97 Å². The van der Waals surface area contributed by atoms with Gasteiger partial charge in [-0.1, -0.05) is 48.9 Å². The van der Waals surface area contributed by atoms with E-state index in [0.717, 1.165) is 95.1 Å². The van der Waals surface area contributed by atoms with Crippen molar-refractivity contribution in [2.75, 3.05) is 23.7 Å². The number of anilines is 2. The first-order chi connectivity index (χ1) is 34.6. The number of likely N-dealkylation sites (tertiary alicyclic amines) is 2. The molecule has 16 nitrogen and oxygen atoms in total. The van der Waals surface area contributed by atoms with Crippen LogP contribution in [0.1, 0.15) is 101 Å². The molecular weight excluding hydrogens is 893 g/mol. The van der Waals surface area contributed by atoms with E-state index in [1.807, 2.05) is 60.0 Å². The number of nitrogens with zero attached hydrogens (tertiary/aromatic N) is 10. The number of carbonyl (C=O) groups excluding carboxylic acids is 4. The molecule has 2 aromatic carbocycles. The van der Waals surface area contributed by atoms with Crippen molar-refractivity contribution in [3.63, 3.8) is 0 Å². The molecule has 2 atom stereocenters. The Bertz CT molecular complexity index is 3320. The van der Waals surface area contributed by atoms with Crippen LogP contribution in [0.5, 0.6) is 0 Å². The van der Waals surface area contributed by atoms with Crippen LogP contribution in [0.4, 0.5) is 11.6 Å². The van der Waals surface area contributed by atoms with Crippen LogP contribution < -0.4 is 10.6 Å². The van der Waals surface area contributed by atoms with Gasteiger partial charge in [0, 0.05) is 71.5 Å². The van der Waals surface area contributed by atoms with Gasteiger partial charge in [0.2, 0.25) is 5.91 Å². The van der Waals surface area contributed by atoms with Gasteiger partial charge in [-0.3, -0.25) is 37.9 Å². The van der Waals surface area contributed by atoms with Gasteiger partial charge in [-0.15, -0.1) is 0 Å². The van der Waals surface area contributed by atoms with E-state index < -0.39 is 0 Å². The van der Waals surface area contributed by atoms with Gasteiger partial charge in [0.1, 0.15) is 23.3 Å². The number of benzene rings is 2. The Balaban J connectivity index is 0.000000176. The molecular formula is C55H52N12O4. The van der Waals surface area contributed by atoms with E-state index in [1.54, 1.807) is 92.6 Å². The summed E-state index contributed by atoms with van der Waals surface area (Å²) in [7, 11) is 0. The van der Waals surface area contributed by atoms with Crippen LogP contribution in [0, 0.1) is 25.7 Å². The van der Waals surface area contributed by atoms with Gasteiger partial charge in [-0.25, -0.2) is 19.9 Å². The van der Waals surface area contributed by atoms with E-state index in [-0.39, 0.29) is 35.7 Å². The lowest BCUT2D eigenvalue weighted by Gasteiger charge is -2.34. The van der Waals surface area contributed by atoms with Crippen LogP contribution in [0.15, 0.2) is 135 Å². The van der Waals surface area contributed by atoms with Crippen molar-refractivity contribution in [2.45, 2.75) is 71.4 Å². The van der Waals surface area contributed by atoms with E-state index in [0.29, 0.717) is 35.9 Å². The topological polar surface area (TPSA) is 185 Å². The summed E-state index contributed by atoms with van der Waals surface area (Å²) >= 11 is 0. The zero-order valence-electron chi connectivity index (χ0n) is 39.7. The smallest absolute Gasteiger partial charge is 0.299 e. The number of carbonyl (C=O) groups is 4. The van der Waals surface area contributed by atoms with Crippen molar-refractivity contribution in [1.82, 2.24) is 48.5 Å². The fourth-order valence-corrected chi connectivity index (χ4v) is 9.31. The number of fused-ring (bicyclic) bond motifs is 2. The normalized spacial score (nSPS) is 15.5. The molecule has 0 saturated carbocycles. The monoisotopic (exact) mass is 944 g/mol. The fourth-order valence-electron chi connectivity index (χ4n) is 9.31. The number of hydrogen-bond acceptors (Lipinski definition) is 10. The molecule has 356 valence electrons. The maximum absolute atomic E-state index is 12.8. The second kappa shape index (κ2) is 21.2. The number of aryl methyl sites for hydroxylation is 2. The highest BCUT2D eigenvalue weighted by atomic mass is 16.2. The largest absolute Gasteiger partial charge is 0.329 e. The summed E-state index contributed by atoms with van der Waals surface area (Å²) in [6.45, 7) is 10.7. The Morgan fingerprint density at radius 2 is 1.08 bits per heavy atom. The van der Waals surface area contributed by atoms with Crippen molar-refractivity contribution in [2.24, 2.45) is 0 Å². The minimum Gasteiger partial charge on any atom is -0.329 e. The third-order valence-electron chi connectivity index (χ3n) is 12.7. The molecule has 4 amide bonds. The average molecular weight is 945 g/mol. The van der Waals surface area contributed by atoms with E-state index in [9.17, 15) is 19.2 Å². The van der Waals surface area contributed by atoms with Crippen LogP contribution in [0.3, 0.4) is 0 Å². The summed E-state index contributed by atoms with van der Waals surface area (Å²) in [5.74, 6) is 7.33. The zero-order valence-corrected chi connectivity index (χ0v) is 39.7. The van der Waals surface area contributed by atoms with Crippen molar-refractivity contribution in [3.05, 3.63) is 169 Å². The Morgan fingerprint density at radius 3 is 1.52 bits per heavy atom. The SMILES string of the molecule is C=CC(=O)N1CCCC[C@H]1c1nc(-c2ccc(C(=O)Nc3ccccn3)cc2)c2cncc(C)n12.CC#CC(=O)N1CCCC[C@H]1c1nc(-c2ccc(C(=O)Nc3ccccn3)cc2)c2cncc(C)n12. The second-order valence-corrected chi connectivity index (χ2v) is 17.3. The standard InChI is InChI=1S/C28H26N6O2.C27H26N6O2/c1-3-8-25(35)33-16-7-5-9-22(33)27-32-26(23-18-29-17-19(2)34(23)27)20-11-13-21(14-12-20)28(36)31-24-10-4-6-15-30-24;1-3-24(34)32-15-7-5-8-21(32)26-31-25(22-17-28-16-18(2)33(22)26)19-10-12-20(13-11-19)27(35)30-23-9-4-6-14-29-23/h4,6,10-15,17-18,22H,5,7,9,16H2,1-2H3,(H,30,31,36);3-4,6,9-14,16-17,21H,1,5,7-8,15H2,2H3,(H,29,30,35)/t22-;21-/m00/s1. The highest BCUT2D eigenvalue weighted by Gasteiger charge is 2.33. The first-order valence-electron chi connectivity index (χ1n) is 23.6. The molecule has 16 heteroatoms. The average Bonchev–Trinajstić information content (AvgIpc) is 4.00. The summed E-state index contributed by atoms with van der Waals surface area (Å²) < 4.78 is 4.17. The number of rotatable bonds is 9. The van der Waals surface area contributed by atoms with E-state index in [2.05, 4.69) is 57.8 Å².